The minimum atomic E-state index is -3.60. The third kappa shape index (κ3) is 5.65. The lowest BCUT2D eigenvalue weighted by atomic mass is 10.0. The first kappa shape index (κ1) is 25.4. The Morgan fingerprint density at radius 1 is 0.970 bits per heavy atom. The molecule has 0 atom stereocenters. The summed E-state index contributed by atoms with van der Waals surface area (Å²) in [7, 11) is -2.01. The molecule has 0 saturated heterocycles. The van der Waals surface area contributed by atoms with Crippen molar-refractivity contribution in [3.8, 4) is 0 Å². The van der Waals surface area contributed by atoms with E-state index in [1.165, 1.54) is 39.9 Å². The Balaban J connectivity index is 1.84. The number of hydrogen-bond acceptors (Lipinski definition) is 5. The number of anilines is 1. The van der Waals surface area contributed by atoms with Crippen LogP contribution in [0.5, 0.6) is 0 Å². The molecule has 0 saturated carbocycles. The van der Waals surface area contributed by atoms with Crippen LogP contribution in [0, 0.1) is 0 Å². The summed E-state index contributed by atoms with van der Waals surface area (Å²) < 4.78 is 27.4. The molecule has 33 heavy (non-hydrogen) atoms. The van der Waals surface area contributed by atoms with Crippen molar-refractivity contribution in [1.29, 1.82) is 0 Å². The second-order valence-corrected chi connectivity index (χ2v) is 11.3. The van der Waals surface area contributed by atoms with Gasteiger partial charge in [0.2, 0.25) is 10.0 Å². The summed E-state index contributed by atoms with van der Waals surface area (Å²) >= 11 is 1.47. The standard InChI is InChI=1S/C24H33N3O4S2/c1-4-15-27(16-5-2)33(30,31)18-13-11-17(12-14-18)22(28)26-24-21(23(29)25-3)19-9-7-6-8-10-20(19)32-24/h11-14H,4-10,15-16H2,1-3H3,(H,25,29)(H,26,28). The van der Waals surface area contributed by atoms with Gasteiger partial charge in [0, 0.05) is 30.6 Å². The molecule has 0 unspecified atom stereocenters. The van der Waals surface area contributed by atoms with Crippen LogP contribution >= 0.6 is 11.3 Å². The van der Waals surface area contributed by atoms with E-state index < -0.39 is 10.0 Å². The molecule has 0 bridgehead atoms. The molecule has 3 rings (SSSR count). The number of fused-ring (bicyclic) bond motifs is 1. The van der Waals surface area contributed by atoms with E-state index in [1.54, 1.807) is 7.05 Å². The van der Waals surface area contributed by atoms with Crippen LogP contribution < -0.4 is 10.6 Å². The van der Waals surface area contributed by atoms with Gasteiger partial charge in [-0.2, -0.15) is 4.31 Å². The van der Waals surface area contributed by atoms with Crippen molar-refractivity contribution in [2.45, 2.75) is 63.7 Å². The van der Waals surface area contributed by atoms with E-state index in [-0.39, 0.29) is 16.7 Å². The smallest absolute Gasteiger partial charge is 0.256 e. The van der Waals surface area contributed by atoms with E-state index in [4.69, 9.17) is 0 Å². The molecule has 2 aromatic rings. The van der Waals surface area contributed by atoms with Gasteiger partial charge in [-0.25, -0.2) is 8.42 Å². The molecule has 1 aliphatic carbocycles. The molecular weight excluding hydrogens is 458 g/mol. The van der Waals surface area contributed by atoms with Gasteiger partial charge < -0.3 is 10.6 Å². The third-order valence-corrected chi connectivity index (χ3v) is 8.92. The van der Waals surface area contributed by atoms with Gasteiger partial charge >= 0.3 is 0 Å². The highest BCUT2D eigenvalue weighted by Crippen LogP contribution is 2.37. The Labute approximate surface area is 200 Å². The third-order valence-electron chi connectivity index (χ3n) is 5.80. The minimum Gasteiger partial charge on any atom is -0.355 e. The lowest BCUT2D eigenvalue weighted by molar-refractivity contribution is 0.0963. The minimum absolute atomic E-state index is 0.176. The number of carbonyl (C=O) groups excluding carboxylic acids is 2. The second-order valence-electron chi connectivity index (χ2n) is 8.23. The Hall–Kier alpha value is -2.23. The molecule has 1 aromatic carbocycles. The summed E-state index contributed by atoms with van der Waals surface area (Å²) in [5.41, 5.74) is 1.94. The van der Waals surface area contributed by atoms with E-state index in [0.717, 1.165) is 55.4 Å². The molecule has 0 spiro atoms. The maximum atomic E-state index is 13.0. The number of benzene rings is 1. The van der Waals surface area contributed by atoms with Crippen LogP contribution in [0.25, 0.3) is 0 Å². The zero-order valence-electron chi connectivity index (χ0n) is 19.6. The van der Waals surface area contributed by atoms with Gasteiger partial charge in [-0.3, -0.25) is 9.59 Å². The van der Waals surface area contributed by atoms with E-state index in [1.807, 2.05) is 13.8 Å². The number of hydrogen-bond donors (Lipinski definition) is 2. The van der Waals surface area contributed by atoms with Crippen LogP contribution in [0.1, 0.15) is 77.1 Å². The highest BCUT2D eigenvalue weighted by Gasteiger charge is 2.26. The first-order valence-electron chi connectivity index (χ1n) is 11.6. The van der Waals surface area contributed by atoms with Crippen LogP contribution in [0.4, 0.5) is 5.00 Å². The van der Waals surface area contributed by atoms with Crippen LogP contribution in [0.3, 0.4) is 0 Å². The fourth-order valence-electron chi connectivity index (χ4n) is 4.15. The van der Waals surface area contributed by atoms with E-state index in [2.05, 4.69) is 10.6 Å². The van der Waals surface area contributed by atoms with Crippen LogP contribution in [-0.4, -0.2) is 44.7 Å². The van der Waals surface area contributed by atoms with Crippen molar-refractivity contribution in [3.63, 3.8) is 0 Å². The van der Waals surface area contributed by atoms with Gasteiger partial charge in [-0.05, 0) is 68.4 Å². The second kappa shape index (κ2) is 11.3. The molecule has 0 fully saturated rings. The van der Waals surface area contributed by atoms with Gasteiger partial charge in [0.15, 0.2) is 0 Å². The summed E-state index contributed by atoms with van der Waals surface area (Å²) in [6, 6.07) is 6.00. The molecule has 1 aliphatic rings. The van der Waals surface area contributed by atoms with Gasteiger partial charge in [0.05, 0.1) is 10.5 Å². The van der Waals surface area contributed by atoms with Crippen molar-refractivity contribution in [3.05, 3.63) is 45.8 Å². The van der Waals surface area contributed by atoms with E-state index >= 15 is 0 Å². The predicted molar refractivity (Wildman–Crippen MR) is 133 cm³/mol. The van der Waals surface area contributed by atoms with E-state index in [9.17, 15) is 18.0 Å². The van der Waals surface area contributed by atoms with Crippen LogP contribution in [0.2, 0.25) is 0 Å². The molecule has 1 heterocycles. The van der Waals surface area contributed by atoms with Gasteiger partial charge in [0.1, 0.15) is 5.00 Å². The molecule has 9 heteroatoms. The Bertz CT molecular complexity index is 1090. The van der Waals surface area contributed by atoms with Crippen molar-refractivity contribution in [2.24, 2.45) is 0 Å². The average Bonchev–Trinajstić information content (AvgIpc) is 2.98. The summed E-state index contributed by atoms with van der Waals surface area (Å²) in [6.07, 6.45) is 6.47. The number of rotatable bonds is 9. The number of nitrogens with zero attached hydrogens (tertiary/aromatic N) is 1. The average molecular weight is 492 g/mol. The topological polar surface area (TPSA) is 95.6 Å². The largest absolute Gasteiger partial charge is 0.355 e. The number of sulfonamides is 1. The fourth-order valence-corrected chi connectivity index (χ4v) is 7.06. The number of amides is 2. The highest BCUT2D eigenvalue weighted by molar-refractivity contribution is 7.89. The maximum Gasteiger partial charge on any atom is 0.256 e. The molecule has 7 nitrogen and oxygen atoms in total. The molecule has 0 radical (unpaired) electrons. The normalized spacial score (nSPS) is 13.9. The summed E-state index contributed by atoms with van der Waals surface area (Å²) in [5.74, 6) is -0.558. The van der Waals surface area contributed by atoms with Gasteiger partial charge in [0.25, 0.3) is 11.8 Å². The number of thiophene rings is 1. The van der Waals surface area contributed by atoms with Crippen LogP contribution in [0.15, 0.2) is 29.2 Å². The molecular formula is C24H33N3O4S2. The number of nitrogens with one attached hydrogen (secondary N) is 2. The van der Waals surface area contributed by atoms with Crippen molar-refractivity contribution in [1.82, 2.24) is 9.62 Å². The Kier molecular flexibility index (Phi) is 8.67. The van der Waals surface area contributed by atoms with E-state index in [0.29, 0.717) is 29.2 Å². The molecule has 180 valence electrons. The first-order chi connectivity index (χ1) is 15.8. The zero-order chi connectivity index (χ0) is 24.0. The quantitative estimate of drug-likeness (QED) is 0.507. The van der Waals surface area contributed by atoms with Crippen molar-refractivity contribution in [2.75, 3.05) is 25.5 Å². The van der Waals surface area contributed by atoms with Crippen molar-refractivity contribution < 1.29 is 18.0 Å². The monoisotopic (exact) mass is 491 g/mol. The van der Waals surface area contributed by atoms with Crippen molar-refractivity contribution >= 4 is 38.2 Å². The summed E-state index contributed by atoms with van der Waals surface area (Å²) in [5, 5.41) is 6.15. The SMILES string of the molecule is CCCN(CCC)S(=O)(=O)c1ccc(C(=O)Nc2sc3c(c2C(=O)NC)CCCCC3)cc1. The first-order valence-corrected chi connectivity index (χ1v) is 13.9. The lowest BCUT2D eigenvalue weighted by Gasteiger charge is -2.21. The highest BCUT2D eigenvalue weighted by atomic mass is 32.2. The fraction of sp³-hybridized carbons (Fsp3) is 0.500. The maximum absolute atomic E-state index is 13.0. The molecule has 2 amide bonds. The van der Waals surface area contributed by atoms with Gasteiger partial charge in [-0.1, -0.05) is 20.3 Å². The van der Waals surface area contributed by atoms with Gasteiger partial charge in [-0.15, -0.1) is 11.3 Å². The Morgan fingerprint density at radius 3 is 2.21 bits per heavy atom. The summed E-state index contributed by atoms with van der Waals surface area (Å²) in [4.78, 5) is 26.9. The Morgan fingerprint density at radius 2 is 1.61 bits per heavy atom. The molecule has 2 N–H and O–H groups in total. The lowest BCUT2D eigenvalue weighted by Crippen LogP contribution is -2.32. The molecule has 0 aliphatic heterocycles. The zero-order valence-corrected chi connectivity index (χ0v) is 21.2. The predicted octanol–water partition coefficient (Wildman–Crippen LogP) is 4.44. The molecule has 1 aromatic heterocycles. The number of carbonyl (C=O) groups is 2. The number of aryl methyl sites for hydroxylation is 1. The summed E-state index contributed by atoms with van der Waals surface area (Å²) in [6.45, 7) is 4.82. The van der Waals surface area contributed by atoms with Crippen LogP contribution in [-0.2, 0) is 22.9 Å².